The van der Waals surface area contributed by atoms with Crippen LogP contribution in [0.3, 0.4) is 0 Å². The number of hydrogen-bond donors (Lipinski definition) is 0. The standard InChI is InChI=1S/C16H14BrClO2/c1-2-16(19)13-8-7-12(9-14(13)17)20-10-11-5-3-4-6-15(11)18/h3-9H,2,10H2,1H3. The number of rotatable bonds is 5. The second kappa shape index (κ2) is 6.91. The van der Waals surface area contributed by atoms with Crippen LogP contribution in [0.15, 0.2) is 46.9 Å². The Balaban J connectivity index is 2.10. The molecule has 0 amide bonds. The molecule has 0 unspecified atom stereocenters. The summed E-state index contributed by atoms with van der Waals surface area (Å²) in [5.74, 6) is 0.805. The van der Waals surface area contributed by atoms with Crippen molar-refractivity contribution in [1.29, 1.82) is 0 Å². The van der Waals surface area contributed by atoms with Gasteiger partial charge in [0.1, 0.15) is 12.4 Å². The molecule has 2 rings (SSSR count). The lowest BCUT2D eigenvalue weighted by molar-refractivity contribution is 0.0987. The van der Waals surface area contributed by atoms with Crippen molar-refractivity contribution in [2.24, 2.45) is 0 Å². The van der Waals surface area contributed by atoms with Crippen LogP contribution in [0, 0.1) is 0 Å². The van der Waals surface area contributed by atoms with Gasteiger partial charge in [-0.05, 0) is 40.2 Å². The normalized spacial score (nSPS) is 10.3. The van der Waals surface area contributed by atoms with E-state index in [9.17, 15) is 4.79 Å². The molecule has 0 fully saturated rings. The molecule has 104 valence electrons. The predicted molar refractivity (Wildman–Crippen MR) is 84.5 cm³/mol. The Morgan fingerprint density at radius 2 is 2.00 bits per heavy atom. The van der Waals surface area contributed by atoms with Crippen LogP contribution in [-0.4, -0.2) is 5.78 Å². The van der Waals surface area contributed by atoms with Crippen molar-refractivity contribution < 1.29 is 9.53 Å². The molecule has 2 aromatic rings. The Kier molecular flexibility index (Phi) is 5.21. The van der Waals surface area contributed by atoms with Crippen LogP contribution in [0.2, 0.25) is 5.02 Å². The maximum absolute atomic E-state index is 11.7. The first-order chi connectivity index (χ1) is 9.61. The summed E-state index contributed by atoms with van der Waals surface area (Å²) < 4.78 is 6.45. The van der Waals surface area contributed by atoms with Crippen LogP contribution in [0.25, 0.3) is 0 Å². The lowest BCUT2D eigenvalue weighted by atomic mass is 10.1. The van der Waals surface area contributed by atoms with Gasteiger partial charge in [-0.1, -0.05) is 36.7 Å². The Morgan fingerprint density at radius 1 is 1.25 bits per heavy atom. The van der Waals surface area contributed by atoms with E-state index < -0.39 is 0 Å². The van der Waals surface area contributed by atoms with Gasteiger partial charge in [0.25, 0.3) is 0 Å². The highest BCUT2D eigenvalue weighted by atomic mass is 79.9. The topological polar surface area (TPSA) is 26.3 Å². The minimum Gasteiger partial charge on any atom is -0.489 e. The summed E-state index contributed by atoms with van der Waals surface area (Å²) in [7, 11) is 0. The maximum atomic E-state index is 11.7. The zero-order valence-corrected chi connectivity index (χ0v) is 13.4. The van der Waals surface area contributed by atoms with E-state index in [1.807, 2.05) is 31.2 Å². The minimum absolute atomic E-state index is 0.106. The molecule has 0 saturated heterocycles. The minimum atomic E-state index is 0.106. The lowest BCUT2D eigenvalue weighted by Gasteiger charge is -2.09. The highest BCUT2D eigenvalue weighted by Crippen LogP contribution is 2.25. The monoisotopic (exact) mass is 352 g/mol. The van der Waals surface area contributed by atoms with Crippen molar-refractivity contribution in [2.75, 3.05) is 0 Å². The number of benzene rings is 2. The van der Waals surface area contributed by atoms with Gasteiger partial charge in [-0.3, -0.25) is 4.79 Å². The van der Waals surface area contributed by atoms with Crippen LogP contribution in [0.4, 0.5) is 0 Å². The van der Waals surface area contributed by atoms with Crippen LogP contribution >= 0.6 is 27.5 Å². The van der Waals surface area contributed by atoms with E-state index in [0.29, 0.717) is 29.4 Å². The van der Waals surface area contributed by atoms with E-state index >= 15 is 0 Å². The number of Topliss-reactive ketones (excluding diaryl/α,β-unsaturated/α-hetero) is 1. The SMILES string of the molecule is CCC(=O)c1ccc(OCc2ccccc2Cl)cc1Br. The summed E-state index contributed by atoms with van der Waals surface area (Å²) in [6, 6.07) is 12.9. The van der Waals surface area contributed by atoms with Gasteiger partial charge in [0.05, 0.1) is 0 Å². The zero-order chi connectivity index (χ0) is 14.5. The van der Waals surface area contributed by atoms with E-state index in [-0.39, 0.29) is 5.78 Å². The second-order valence-electron chi connectivity index (χ2n) is 4.30. The summed E-state index contributed by atoms with van der Waals surface area (Å²) in [6.45, 7) is 2.24. The average Bonchev–Trinajstić information content (AvgIpc) is 2.46. The Bertz CT molecular complexity index is 626. The van der Waals surface area contributed by atoms with E-state index in [0.717, 1.165) is 10.0 Å². The van der Waals surface area contributed by atoms with Gasteiger partial charge in [0.2, 0.25) is 0 Å². The molecular formula is C16H14BrClO2. The lowest BCUT2D eigenvalue weighted by Crippen LogP contribution is -2.00. The van der Waals surface area contributed by atoms with Crippen LogP contribution in [0.5, 0.6) is 5.75 Å². The maximum Gasteiger partial charge on any atom is 0.163 e. The Hall–Kier alpha value is -1.32. The molecule has 2 aromatic carbocycles. The van der Waals surface area contributed by atoms with Crippen molar-refractivity contribution in [3.63, 3.8) is 0 Å². The zero-order valence-electron chi connectivity index (χ0n) is 11.0. The third-order valence-corrected chi connectivity index (χ3v) is 3.94. The van der Waals surface area contributed by atoms with E-state index in [4.69, 9.17) is 16.3 Å². The van der Waals surface area contributed by atoms with Crippen molar-refractivity contribution in [3.8, 4) is 5.75 Å². The highest BCUT2D eigenvalue weighted by Gasteiger charge is 2.09. The molecule has 0 atom stereocenters. The molecule has 0 bridgehead atoms. The van der Waals surface area contributed by atoms with Gasteiger partial charge < -0.3 is 4.74 Å². The van der Waals surface area contributed by atoms with Crippen molar-refractivity contribution >= 4 is 33.3 Å². The molecule has 0 aliphatic rings. The van der Waals surface area contributed by atoms with Crippen LogP contribution < -0.4 is 4.74 Å². The van der Waals surface area contributed by atoms with Crippen LogP contribution in [0.1, 0.15) is 29.3 Å². The number of carbonyl (C=O) groups excluding carboxylic acids is 1. The molecule has 0 saturated carbocycles. The molecule has 0 N–H and O–H groups in total. The molecule has 4 heteroatoms. The average molecular weight is 354 g/mol. The van der Waals surface area contributed by atoms with Gasteiger partial charge in [-0.25, -0.2) is 0 Å². The second-order valence-corrected chi connectivity index (χ2v) is 5.56. The first kappa shape index (κ1) is 15.1. The van der Waals surface area contributed by atoms with Crippen molar-refractivity contribution in [2.45, 2.75) is 20.0 Å². The van der Waals surface area contributed by atoms with Gasteiger partial charge in [-0.15, -0.1) is 0 Å². The van der Waals surface area contributed by atoms with E-state index in [1.54, 1.807) is 18.2 Å². The summed E-state index contributed by atoms with van der Waals surface area (Å²) in [4.78, 5) is 11.7. The van der Waals surface area contributed by atoms with Crippen molar-refractivity contribution in [3.05, 3.63) is 63.1 Å². The molecule has 0 radical (unpaired) electrons. The van der Waals surface area contributed by atoms with Crippen LogP contribution in [-0.2, 0) is 6.61 Å². The Morgan fingerprint density at radius 3 is 2.65 bits per heavy atom. The largest absolute Gasteiger partial charge is 0.489 e. The quantitative estimate of drug-likeness (QED) is 0.684. The summed E-state index contributed by atoms with van der Waals surface area (Å²) >= 11 is 9.48. The molecule has 0 spiro atoms. The molecular weight excluding hydrogens is 340 g/mol. The van der Waals surface area contributed by atoms with Gasteiger partial charge in [0.15, 0.2) is 5.78 Å². The first-order valence-electron chi connectivity index (χ1n) is 6.30. The third-order valence-electron chi connectivity index (χ3n) is 2.91. The fourth-order valence-corrected chi connectivity index (χ4v) is 2.55. The number of halogens is 2. The third kappa shape index (κ3) is 3.62. The Labute approximate surface area is 131 Å². The molecule has 0 heterocycles. The van der Waals surface area contributed by atoms with Crippen molar-refractivity contribution in [1.82, 2.24) is 0 Å². The predicted octanol–water partition coefficient (Wildman–Crippen LogP) is 5.27. The smallest absolute Gasteiger partial charge is 0.163 e. The molecule has 0 aromatic heterocycles. The number of ketones is 1. The molecule has 20 heavy (non-hydrogen) atoms. The fourth-order valence-electron chi connectivity index (χ4n) is 1.78. The fraction of sp³-hybridized carbons (Fsp3) is 0.188. The number of carbonyl (C=O) groups is 1. The highest BCUT2D eigenvalue weighted by molar-refractivity contribution is 9.10. The van der Waals surface area contributed by atoms with E-state index in [1.165, 1.54) is 0 Å². The summed E-state index contributed by atoms with van der Waals surface area (Å²) in [6.07, 6.45) is 0.485. The molecule has 0 aliphatic carbocycles. The molecule has 0 aliphatic heterocycles. The van der Waals surface area contributed by atoms with Gasteiger partial charge in [0, 0.05) is 27.0 Å². The summed E-state index contributed by atoms with van der Waals surface area (Å²) in [5.41, 5.74) is 1.61. The number of ether oxygens (including phenoxy) is 1. The van der Waals surface area contributed by atoms with Gasteiger partial charge >= 0.3 is 0 Å². The molecule has 2 nitrogen and oxygen atoms in total. The first-order valence-corrected chi connectivity index (χ1v) is 7.48. The van der Waals surface area contributed by atoms with E-state index in [2.05, 4.69) is 15.9 Å². The summed E-state index contributed by atoms with van der Waals surface area (Å²) in [5, 5.41) is 0.685. The van der Waals surface area contributed by atoms with Gasteiger partial charge in [-0.2, -0.15) is 0 Å². The number of hydrogen-bond acceptors (Lipinski definition) is 2.